The maximum Gasteiger partial charge on any atom is 0.0630 e. The first-order valence-corrected chi connectivity index (χ1v) is 13.6. The van der Waals surface area contributed by atoms with Gasteiger partial charge in [-0.15, -0.1) is 0 Å². The fourth-order valence-corrected chi connectivity index (χ4v) is 3.67. The lowest BCUT2D eigenvalue weighted by Gasteiger charge is -2.19. The van der Waals surface area contributed by atoms with Gasteiger partial charge >= 0.3 is 0 Å². The second kappa shape index (κ2) is 20.5. The predicted molar refractivity (Wildman–Crippen MR) is 161 cm³/mol. The van der Waals surface area contributed by atoms with Crippen LogP contribution in [0.3, 0.4) is 0 Å². The summed E-state index contributed by atoms with van der Waals surface area (Å²) in [6, 6.07) is 15.3. The van der Waals surface area contributed by atoms with E-state index < -0.39 is 0 Å². The largest absolute Gasteiger partial charge is 0.394 e. The Morgan fingerprint density at radius 3 is 2.31 bits per heavy atom. The van der Waals surface area contributed by atoms with Crippen LogP contribution in [-0.2, 0) is 6.54 Å². The highest BCUT2D eigenvalue weighted by Gasteiger charge is 2.08. The molecule has 0 aromatic heterocycles. The highest BCUT2D eigenvalue weighted by Crippen LogP contribution is 2.22. The van der Waals surface area contributed by atoms with E-state index in [1.54, 1.807) is 6.20 Å². The van der Waals surface area contributed by atoms with Crippen molar-refractivity contribution >= 4 is 11.4 Å². The van der Waals surface area contributed by atoms with E-state index in [-0.39, 0.29) is 12.6 Å². The monoisotopic (exact) mass is 495 g/mol. The first-order chi connectivity index (χ1) is 17.3. The van der Waals surface area contributed by atoms with Gasteiger partial charge in [-0.2, -0.15) is 0 Å². The van der Waals surface area contributed by atoms with E-state index in [1.807, 2.05) is 20.8 Å². The van der Waals surface area contributed by atoms with Crippen LogP contribution in [0.5, 0.6) is 0 Å². The zero-order valence-corrected chi connectivity index (χ0v) is 24.1. The van der Waals surface area contributed by atoms with Crippen molar-refractivity contribution in [3.05, 3.63) is 84.1 Å². The minimum absolute atomic E-state index is 0.0174. The highest BCUT2D eigenvalue weighted by molar-refractivity contribution is 5.66. The molecule has 36 heavy (non-hydrogen) atoms. The lowest BCUT2D eigenvalue weighted by Crippen LogP contribution is -2.27. The third-order valence-electron chi connectivity index (χ3n) is 5.69. The van der Waals surface area contributed by atoms with Gasteiger partial charge in [0.2, 0.25) is 0 Å². The molecule has 0 radical (unpaired) electrons. The number of aliphatic hydroxyl groups excluding tert-OH is 1. The molecule has 4 heteroatoms. The van der Waals surface area contributed by atoms with Gasteiger partial charge < -0.3 is 21.1 Å². The molecule has 4 nitrogen and oxygen atoms in total. The fourth-order valence-electron chi connectivity index (χ4n) is 3.67. The van der Waals surface area contributed by atoms with Crippen LogP contribution in [-0.4, -0.2) is 23.8 Å². The van der Waals surface area contributed by atoms with Crippen molar-refractivity contribution < 1.29 is 5.11 Å². The molecule has 0 aliphatic rings. The van der Waals surface area contributed by atoms with Gasteiger partial charge in [0.1, 0.15) is 0 Å². The molecule has 0 spiro atoms. The maximum atomic E-state index is 9.12. The van der Waals surface area contributed by atoms with Crippen molar-refractivity contribution in [2.24, 2.45) is 0 Å². The van der Waals surface area contributed by atoms with E-state index in [0.717, 1.165) is 17.8 Å². The van der Waals surface area contributed by atoms with Gasteiger partial charge in [-0.1, -0.05) is 95.5 Å². The lowest BCUT2D eigenvalue weighted by molar-refractivity contribution is 0.263. The number of anilines is 1. The van der Waals surface area contributed by atoms with E-state index in [9.17, 15) is 0 Å². The zero-order chi connectivity index (χ0) is 27.3. The zero-order valence-electron chi connectivity index (χ0n) is 24.1. The molecule has 4 N–H and O–H groups in total. The summed E-state index contributed by atoms with van der Waals surface area (Å²) in [6.07, 6.45) is 8.16. The summed E-state index contributed by atoms with van der Waals surface area (Å²) in [5.41, 5.74) is 6.94. The van der Waals surface area contributed by atoms with E-state index >= 15 is 0 Å². The summed E-state index contributed by atoms with van der Waals surface area (Å²) in [6.45, 7) is 23.3. The van der Waals surface area contributed by atoms with Gasteiger partial charge in [-0.3, -0.25) is 0 Å². The minimum Gasteiger partial charge on any atom is -0.394 e. The van der Waals surface area contributed by atoms with Crippen LogP contribution >= 0.6 is 0 Å². The Morgan fingerprint density at radius 2 is 1.72 bits per heavy atom. The van der Waals surface area contributed by atoms with E-state index in [1.165, 1.54) is 54.5 Å². The number of nitrogens with one attached hydrogen (secondary N) is 3. The van der Waals surface area contributed by atoms with Crippen molar-refractivity contribution in [3.8, 4) is 0 Å². The highest BCUT2D eigenvalue weighted by atomic mass is 16.3. The Kier molecular flexibility index (Phi) is 18.9. The van der Waals surface area contributed by atoms with Gasteiger partial charge in [0.25, 0.3) is 0 Å². The molecule has 2 aromatic carbocycles. The molecule has 0 saturated heterocycles. The van der Waals surface area contributed by atoms with Crippen molar-refractivity contribution in [2.75, 3.05) is 11.9 Å². The Hall–Kier alpha value is -2.72. The molecule has 0 aliphatic heterocycles. The van der Waals surface area contributed by atoms with Gasteiger partial charge in [0.05, 0.1) is 6.61 Å². The second-order valence-corrected chi connectivity index (χ2v) is 9.21. The molecular formula is C32H53N3O. The number of rotatable bonds is 14. The Bertz CT molecular complexity index is 862. The summed E-state index contributed by atoms with van der Waals surface area (Å²) in [5, 5.41) is 19.0. The molecule has 2 rings (SSSR count). The van der Waals surface area contributed by atoms with Crippen LogP contribution in [0.4, 0.5) is 5.69 Å². The Morgan fingerprint density at radius 1 is 1.00 bits per heavy atom. The smallest absolute Gasteiger partial charge is 0.0630 e. The molecule has 2 unspecified atom stereocenters. The minimum atomic E-state index is 0.0174. The van der Waals surface area contributed by atoms with Crippen molar-refractivity contribution in [3.63, 3.8) is 0 Å². The van der Waals surface area contributed by atoms with Crippen LogP contribution in [0.25, 0.3) is 5.70 Å². The van der Waals surface area contributed by atoms with Gasteiger partial charge in [0.15, 0.2) is 0 Å². The second-order valence-electron chi connectivity index (χ2n) is 9.21. The summed E-state index contributed by atoms with van der Waals surface area (Å²) in [4.78, 5) is 0. The first-order valence-electron chi connectivity index (χ1n) is 13.6. The molecule has 0 bridgehead atoms. The average molecular weight is 496 g/mol. The lowest BCUT2D eigenvalue weighted by atomic mass is 10.0. The molecule has 0 amide bonds. The van der Waals surface area contributed by atoms with E-state index in [2.05, 4.69) is 99.3 Å². The van der Waals surface area contributed by atoms with E-state index in [4.69, 9.17) is 5.11 Å². The van der Waals surface area contributed by atoms with Gasteiger partial charge in [-0.25, -0.2) is 0 Å². The fraction of sp³-hybridized carbons (Fsp3) is 0.500. The number of hydrogen-bond acceptors (Lipinski definition) is 4. The van der Waals surface area contributed by atoms with Crippen molar-refractivity contribution in [1.29, 1.82) is 0 Å². The normalized spacial score (nSPS) is 11.6. The molecule has 202 valence electrons. The quantitative estimate of drug-likeness (QED) is 0.201. The average Bonchev–Trinajstić information content (AvgIpc) is 2.88. The van der Waals surface area contributed by atoms with Crippen LogP contribution in [0.1, 0.15) is 89.0 Å². The Balaban J connectivity index is 0.000000784. The van der Waals surface area contributed by atoms with E-state index in [0.29, 0.717) is 6.04 Å². The predicted octanol–water partition coefficient (Wildman–Crippen LogP) is 7.96. The summed E-state index contributed by atoms with van der Waals surface area (Å²) < 4.78 is 0. The summed E-state index contributed by atoms with van der Waals surface area (Å²) >= 11 is 0. The topological polar surface area (TPSA) is 56.3 Å². The van der Waals surface area contributed by atoms with Crippen LogP contribution < -0.4 is 16.0 Å². The number of unbranched alkanes of at least 4 members (excludes halogenated alkanes) is 3. The molecule has 0 fully saturated rings. The molecule has 0 saturated carbocycles. The molecular weight excluding hydrogens is 442 g/mol. The SMILES string of the molecule is C=C(NC(C)CO)c1ccc(NC(C)CCCCCC)c(C)c1.C=CNCc1cccc(C)c1.CC. The third kappa shape index (κ3) is 14.6. The van der Waals surface area contributed by atoms with Crippen LogP contribution in [0.2, 0.25) is 0 Å². The number of aryl methyl sites for hydroxylation is 2. The summed E-state index contributed by atoms with van der Waals surface area (Å²) in [7, 11) is 0. The standard InChI is InChI=1S/C20H34N2O.C10H13N.C2H6/c1-6-7-8-9-10-16(3)22-20-12-11-19(13-15(20)2)18(5)21-17(4)14-23;1-3-11-8-10-6-4-5-9(2)7-10;1-2/h11-13,16-17,21-23H,5-10,14H2,1-4H3;3-7,11H,1,8H2,2H3;1-2H3. The van der Waals surface area contributed by atoms with Crippen LogP contribution in [0, 0.1) is 13.8 Å². The Labute approximate surface area is 222 Å². The first kappa shape index (κ1) is 33.3. The van der Waals surface area contributed by atoms with Gasteiger partial charge in [0, 0.05) is 30.0 Å². The maximum absolute atomic E-state index is 9.12. The van der Waals surface area contributed by atoms with Gasteiger partial charge in [-0.05, 0) is 69.1 Å². The van der Waals surface area contributed by atoms with Crippen LogP contribution in [0.15, 0.2) is 61.8 Å². The molecule has 2 aromatic rings. The molecule has 0 aliphatic carbocycles. The summed E-state index contributed by atoms with van der Waals surface area (Å²) in [5.74, 6) is 0. The number of hydrogen-bond donors (Lipinski definition) is 4. The number of benzene rings is 2. The van der Waals surface area contributed by atoms with Crippen molar-refractivity contribution in [2.45, 2.75) is 99.2 Å². The molecule has 0 heterocycles. The molecule has 2 atom stereocenters. The number of aliphatic hydroxyl groups is 1. The third-order valence-corrected chi connectivity index (χ3v) is 5.69. The van der Waals surface area contributed by atoms with Crippen molar-refractivity contribution in [1.82, 2.24) is 10.6 Å².